The van der Waals surface area contributed by atoms with Gasteiger partial charge in [-0.1, -0.05) is 0 Å². The Balaban J connectivity index is 1.25. The van der Waals surface area contributed by atoms with Crippen LogP contribution in [0.25, 0.3) is 22.3 Å². The van der Waals surface area contributed by atoms with Gasteiger partial charge < -0.3 is 24.8 Å². The summed E-state index contributed by atoms with van der Waals surface area (Å²) in [7, 11) is 8.05. The van der Waals surface area contributed by atoms with Crippen molar-refractivity contribution in [3.63, 3.8) is 0 Å². The Morgan fingerprint density at radius 3 is 2.71 bits per heavy atom. The van der Waals surface area contributed by atoms with E-state index in [4.69, 9.17) is 9.72 Å². The van der Waals surface area contributed by atoms with Crippen LogP contribution < -0.4 is 15.4 Å². The third kappa shape index (κ3) is 6.92. The third-order valence-electron chi connectivity index (χ3n) is 7.93. The number of aryl methyl sites for hydroxylation is 2. The van der Waals surface area contributed by atoms with Gasteiger partial charge in [-0.05, 0) is 102 Å². The van der Waals surface area contributed by atoms with Crippen LogP contribution >= 0.6 is 0 Å². The van der Waals surface area contributed by atoms with Crippen LogP contribution in [0, 0.1) is 12.8 Å². The fraction of sp³-hybridized carbons (Fsp3) is 0.500. The first-order chi connectivity index (χ1) is 20.4. The smallest absolute Gasteiger partial charge is 0.221 e. The van der Waals surface area contributed by atoms with Crippen LogP contribution in [0.3, 0.4) is 0 Å². The van der Waals surface area contributed by atoms with Gasteiger partial charge in [-0.3, -0.25) is 9.78 Å². The maximum absolute atomic E-state index is 11.4. The van der Waals surface area contributed by atoms with Gasteiger partial charge in [0.2, 0.25) is 11.8 Å². The number of aldehydes is 1. The predicted octanol–water partition coefficient (Wildman–Crippen LogP) is 5.56. The molecule has 5 rings (SSSR count). The summed E-state index contributed by atoms with van der Waals surface area (Å²) < 4.78 is 10.4. The van der Waals surface area contributed by atoms with Gasteiger partial charge in [0.05, 0.1) is 35.1 Å². The Labute approximate surface area is 248 Å². The highest BCUT2D eigenvalue weighted by atomic mass is 16.5. The van der Waals surface area contributed by atoms with Crippen LogP contribution in [-0.2, 0) is 7.05 Å². The van der Waals surface area contributed by atoms with Gasteiger partial charge >= 0.3 is 0 Å². The van der Waals surface area contributed by atoms with E-state index in [1.165, 1.54) is 24.8 Å². The number of carbonyl (C=O) groups excluding carboxylic acids is 1. The number of imidazole rings is 1. The summed E-state index contributed by atoms with van der Waals surface area (Å²) in [5.74, 6) is 2.23. The lowest BCUT2D eigenvalue weighted by Crippen LogP contribution is -2.15. The number of hydrogen-bond acceptors (Lipinski definition) is 8. The minimum atomic E-state index is 0.352. The van der Waals surface area contributed by atoms with Crippen molar-refractivity contribution in [2.45, 2.75) is 51.5 Å². The van der Waals surface area contributed by atoms with Crippen molar-refractivity contribution in [3.8, 4) is 17.1 Å². The zero-order chi connectivity index (χ0) is 29.6. The fourth-order valence-corrected chi connectivity index (χ4v) is 5.70. The second kappa shape index (κ2) is 13.4. The minimum Gasteiger partial charge on any atom is -0.477 e. The first kappa shape index (κ1) is 29.6. The normalized spacial score (nSPS) is 14.0. The highest BCUT2D eigenvalue weighted by Gasteiger charge is 2.34. The van der Waals surface area contributed by atoms with Gasteiger partial charge in [-0.2, -0.15) is 5.10 Å². The lowest BCUT2D eigenvalue weighted by molar-refractivity contribution is 0.112. The van der Waals surface area contributed by atoms with Crippen LogP contribution in [0.1, 0.15) is 60.6 Å². The summed E-state index contributed by atoms with van der Waals surface area (Å²) in [5.41, 5.74) is 6.17. The number of unbranched alkanes of at least 4 members (excludes halogenated alkanes) is 1. The molecule has 3 aromatic heterocycles. The van der Waals surface area contributed by atoms with Crippen LogP contribution in [0.2, 0.25) is 0 Å². The molecule has 1 saturated carbocycles. The van der Waals surface area contributed by atoms with Crippen LogP contribution in [0.15, 0.2) is 36.5 Å². The van der Waals surface area contributed by atoms with Gasteiger partial charge in [-0.25, -0.2) is 9.67 Å². The van der Waals surface area contributed by atoms with Crippen molar-refractivity contribution < 1.29 is 9.53 Å². The summed E-state index contributed by atoms with van der Waals surface area (Å²) in [5, 5.41) is 11.3. The number of pyridine rings is 1. The Bertz CT molecular complexity index is 1500. The molecule has 4 aromatic rings. The second-order valence-electron chi connectivity index (χ2n) is 11.6. The van der Waals surface area contributed by atoms with E-state index in [1.54, 1.807) is 23.0 Å². The summed E-state index contributed by atoms with van der Waals surface area (Å²) in [6.07, 6.45) is 9.28. The number of nitrogens with zero attached hydrogens (tertiary/aromatic N) is 6. The number of anilines is 2. The molecule has 0 radical (unpaired) electrons. The summed E-state index contributed by atoms with van der Waals surface area (Å²) in [6, 6.07) is 10.5. The number of rotatable bonds is 16. The van der Waals surface area contributed by atoms with Gasteiger partial charge in [0, 0.05) is 43.6 Å². The quantitative estimate of drug-likeness (QED) is 0.133. The zero-order valence-corrected chi connectivity index (χ0v) is 25.6. The largest absolute Gasteiger partial charge is 0.477 e. The molecule has 0 spiro atoms. The highest BCUT2D eigenvalue weighted by Crippen LogP contribution is 2.45. The van der Waals surface area contributed by atoms with E-state index < -0.39 is 0 Å². The maximum atomic E-state index is 11.4. The first-order valence-corrected chi connectivity index (χ1v) is 15.0. The average Bonchev–Trinajstić information content (AvgIpc) is 3.66. The number of hydrogen-bond donors (Lipinski definition) is 2. The first-order valence-electron chi connectivity index (χ1n) is 15.0. The molecule has 2 N–H and O–H groups in total. The van der Waals surface area contributed by atoms with Crippen molar-refractivity contribution in [2.24, 2.45) is 13.0 Å². The molecule has 224 valence electrons. The summed E-state index contributed by atoms with van der Waals surface area (Å²) in [6.45, 7) is 4.51. The van der Waals surface area contributed by atoms with Crippen molar-refractivity contribution >= 4 is 29.0 Å². The number of benzene rings is 1. The maximum Gasteiger partial charge on any atom is 0.221 e. The molecule has 0 amide bonds. The Kier molecular flexibility index (Phi) is 9.41. The lowest BCUT2D eigenvalue weighted by atomic mass is 10.1. The molecular weight excluding hydrogens is 528 g/mol. The molecule has 1 fully saturated rings. The van der Waals surface area contributed by atoms with E-state index in [9.17, 15) is 4.79 Å². The van der Waals surface area contributed by atoms with Crippen molar-refractivity contribution in [1.29, 1.82) is 0 Å². The molecular formula is C32H44N8O2. The fourth-order valence-electron chi connectivity index (χ4n) is 5.70. The highest BCUT2D eigenvalue weighted by molar-refractivity contribution is 5.82. The number of ether oxygens (including phenoxy) is 1. The van der Waals surface area contributed by atoms with E-state index in [-0.39, 0.29) is 0 Å². The molecule has 1 aliphatic rings. The van der Waals surface area contributed by atoms with E-state index in [0.717, 1.165) is 67.0 Å². The SMILES string of the molecule is CNc1nc2cc(NCCCCN(C)C)ccc2n1C(CCCOc1c(-c2cc(C=O)cc(C)n2)cnn1C)C1CC1. The number of carbonyl (C=O) groups is 1. The topological polar surface area (TPSA) is 102 Å². The minimum absolute atomic E-state index is 0.352. The lowest BCUT2D eigenvalue weighted by Gasteiger charge is -2.22. The van der Waals surface area contributed by atoms with Gasteiger partial charge in [-0.15, -0.1) is 0 Å². The number of nitrogens with one attached hydrogen (secondary N) is 2. The van der Waals surface area contributed by atoms with E-state index in [0.29, 0.717) is 35.7 Å². The van der Waals surface area contributed by atoms with Gasteiger partial charge in [0.1, 0.15) is 6.29 Å². The van der Waals surface area contributed by atoms with Crippen molar-refractivity contribution in [2.75, 3.05) is 51.5 Å². The molecule has 1 atom stereocenters. The standard InChI is InChI=1S/C32H44N8O2/c1-22-17-23(21-41)18-27(36-22)26-20-35-39(5)31(26)42-16-8-9-29(24-10-11-24)40-30-13-12-25(19-28(30)37-32(40)33-2)34-14-6-7-15-38(3)4/h12-13,17-21,24,29,34H,6-11,14-16H2,1-5H3,(H,33,37). The molecule has 42 heavy (non-hydrogen) atoms. The summed E-state index contributed by atoms with van der Waals surface area (Å²) in [4.78, 5) is 23.2. The average molecular weight is 573 g/mol. The molecule has 3 heterocycles. The molecule has 1 unspecified atom stereocenters. The molecule has 1 aromatic carbocycles. The molecule has 0 saturated heterocycles. The van der Waals surface area contributed by atoms with Crippen LogP contribution in [-0.4, -0.2) is 76.3 Å². The van der Waals surface area contributed by atoms with E-state index >= 15 is 0 Å². The molecule has 0 aliphatic heterocycles. The Morgan fingerprint density at radius 1 is 1.14 bits per heavy atom. The number of aromatic nitrogens is 5. The zero-order valence-electron chi connectivity index (χ0n) is 25.6. The second-order valence-corrected chi connectivity index (χ2v) is 11.6. The molecule has 10 heteroatoms. The number of fused-ring (bicyclic) bond motifs is 1. The van der Waals surface area contributed by atoms with Crippen LogP contribution in [0.5, 0.6) is 5.88 Å². The van der Waals surface area contributed by atoms with E-state index in [1.807, 2.05) is 21.0 Å². The van der Waals surface area contributed by atoms with Crippen LogP contribution in [0.4, 0.5) is 11.6 Å². The monoisotopic (exact) mass is 572 g/mol. The third-order valence-corrected chi connectivity index (χ3v) is 7.93. The van der Waals surface area contributed by atoms with Crippen molar-refractivity contribution in [3.05, 3.63) is 47.8 Å². The Hall–Kier alpha value is -3.92. The molecule has 1 aliphatic carbocycles. The van der Waals surface area contributed by atoms with Gasteiger partial charge in [0.15, 0.2) is 0 Å². The summed E-state index contributed by atoms with van der Waals surface area (Å²) >= 11 is 0. The molecule has 10 nitrogen and oxygen atoms in total. The van der Waals surface area contributed by atoms with Crippen molar-refractivity contribution in [1.82, 2.24) is 29.2 Å². The van der Waals surface area contributed by atoms with E-state index in [2.05, 4.69) is 62.5 Å². The Morgan fingerprint density at radius 2 is 1.98 bits per heavy atom. The predicted molar refractivity (Wildman–Crippen MR) is 169 cm³/mol. The molecule has 0 bridgehead atoms. The van der Waals surface area contributed by atoms with Gasteiger partial charge in [0.25, 0.3) is 0 Å².